The summed E-state index contributed by atoms with van der Waals surface area (Å²) in [6.07, 6.45) is 1.98. The number of hydrogen-bond acceptors (Lipinski definition) is 5. The molecule has 0 bridgehead atoms. The maximum absolute atomic E-state index is 10.2. The van der Waals surface area contributed by atoms with E-state index < -0.39 is 0 Å². The third kappa shape index (κ3) is 3.64. The van der Waals surface area contributed by atoms with Gasteiger partial charge in [0.05, 0.1) is 9.88 Å². The zero-order valence-electron chi connectivity index (χ0n) is 7.07. The molecule has 0 atom stereocenters. The summed E-state index contributed by atoms with van der Waals surface area (Å²) in [4.78, 5) is 27.2. The van der Waals surface area contributed by atoms with Crippen molar-refractivity contribution in [1.82, 2.24) is 0 Å². The largest absolute Gasteiger partial charge is 0.390 e. The molecule has 1 heterocycles. The summed E-state index contributed by atoms with van der Waals surface area (Å²) in [5.74, 6) is 0. The topological polar surface area (TPSA) is 77.2 Å². The van der Waals surface area contributed by atoms with Crippen LogP contribution in [-0.4, -0.2) is 12.4 Å². The SMILES string of the molecule is CCc1cc(C=O)sc1N.O=C=O. The fourth-order valence-electron chi connectivity index (χ4n) is 0.799. The van der Waals surface area contributed by atoms with Gasteiger partial charge in [-0.05, 0) is 18.1 Å². The molecule has 13 heavy (non-hydrogen) atoms. The molecule has 0 unspecified atom stereocenters. The van der Waals surface area contributed by atoms with Gasteiger partial charge in [-0.1, -0.05) is 6.92 Å². The molecule has 0 aliphatic rings. The Kier molecular flexibility index (Phi) is 5.43. The lowest BCUT2D eigenvalue weighted by Gasteiger charge is -1.88. The number of anilines is 1. The second kappa shape index (κ2) is 6.11. The Morgan fingerprint density at radius 1 is 1.62 bits per heavy atom. The van der Waals surface area contributed by atoms with Crippen LogP contribution >= 0.6 is 11.3 Å². The van der Waals surface area contributed by atoms with E-state index in [1.165, 1.54) is 11.3 Å². The third-order valence-electron chi connectivity index (χ3n) is 1.36. The summed E-state index contributed by atoms with van der Waals surface area (Å²) in [6.45, 7) is 2.02. The highest BCUT2D eigenvalue weighted by Crippen LogP contribution is 2.23. The highest BCUT2D eigenvalue weighted by Gasteiger charge is 2.01. The summed E-state index contributed by atoms with van der Waals surface area (Å²) in [7, 11) is 0. The number of aldehydes is 1. The van der Waals surface area contributed by atoms with E-state index in [9.17, 15) is 4.79 Å². The molecule has 0 aromatic carbocycles. The standard InChI is InChI=1S/C7H9NOS.CO2/c1-2-5-3-6(4-9)10-7(5)8;2-1-3/h3-4H,2,8H2,1H3;. The predicted octanol–water partition coefficient (Wildman–Crippen LogP) is 1.12. The highest BCUT2D eigenvalue weighted by molar-refractivity contribution is 7.17. The van der Waals surface area contributed by atoms with E-state index in [1.807, 2.05) is 13.0 Å². The average molecular weight is 199 g/mol. The maximum atomic E-state index is 10.2. The molecule has 0 fully saturated rings. The number of carbonyl (C=O) groups excluding carboxylic acids is 3. The summed E-state index contributed by atoms with van der Waals surface area (Å²) >= 11 is 1.35. The summed E-state index contributed by atoms with van der Waals surface area (Å²) in [5, 5.41) is 0.768. The fourth-order valence-corrected chi connectivity index (χ4v) is 1.64. The third-order valence-corrected chi connectivity index (χ3v) is 2.29. The Bertz CT molecular complexity index is 313. The van der Waals surface area contributed by atoms with Gasteiger partial charge >= 0.3 is 6.15 Å². The molecular weight excluding hydrogens is 190 g/mol. The van der Waals surface area contributed by atoms with Crippen LogP contribution in [0.5, 0.6) is 0 Å². The lowest BCUT2D eigenvalue weighted by atomic mass is 10.2. The first kappa shape index (κ1) is 11.6. The summed E-state index contributed by atoms with van der Waals surface area (Å²) in [6, 6.07) is 1.84. The van der Waals surface area contributed by atoms with Crippen molar-refractivity contribution >= 4 is 28.8 Å². The van der Waals surface area contributed by atoms with Crippen molar-refractivity contribution in [3.05, 3.63) is 16.5 Å². The lowest BCUT2D eigenvalue weighted by Crippen LogP contribution is -1.83. The number of thiophene rings is 1. The van der Waals surface area contributed by atoms with Gasteiger partial charge in [0, 0.05) is 0 Å². The molecule has 0 aliphatic heterocycles. The molecule has 1 aromatic heterocycles. The first-order valence-electron chi connectivity index (χ1n) is 3.52. The average Bonchev–Trinajstić information content (AvgIpc) is 2.47. The molecule has 0 radical (unpaired) electrons. The second-order valence-electron chi connectivity index (χ2n) is 2.09. The van der Waals surface area contributed by atoms with Crippen molar-refractivity contribution in [2.75, 3.05) is 5.73 Å². The van der Waals surface area contributed by atoms with Gasteiger partial charge in [0.25, 0.3) is 0 Å². The smallest absolute Gasteiger partial charge is 0.373 e. The molecule has 0 spiro atoms. The highest BCUT2D eigenvalue weighted by atomic mass is 32.1. The number of nitrogens with two attached hydrogens (primary N) is 1. The van der Waals surface area contributed by atoms with E-state index in [0.717, 1.165) is 23.3 Å². The molecule has 0 amide bonds. The van der Waals surface area contributed by atoms with Gasteiger partial charge in [-0.3, -0.25) is 4.79 Å². The first-order valence-corrected chi connectivity index (χ1v) is 4.33. The van der Waals surface area contributed by atoms with Gasteiger partial charge in [0.1, 0.15) is 0 Å². The van der Waals surface area contributed by atoms with Crippen LogP contribution in [0.1, 0.15) is 22.2 Å². The van der Waals surface area contributed by atoms with E-state index in [0.29, 0.717) is 4.88 Å². The molecule has 0 aliphatic carbocycles. The van der Waals surface area contributed by atoms with Crippen LogP contribution in [0.4, 0.5) is 5.00 Å². The van der Waals surface area contributed by atoms with Crippen molar-refractivity contribution in [3.8, 4) is 0 Å². The zero-order chi connectivity index (χ0) is 10.3. The Morgan fingerprint density at radius 2 is 2.15 bits per heavy atom. The van der Waals surface area contributed by atoms with Crippen LogP contribution in [0.15, 0.2) is 6.07 Å². The minimum atomic E-state index is 0.250. The summed E-state index contributed by atoms with van der Waals surface area (Å²) in [5.41, 5.74) is 6.66. The van der Waals surface area contributed by atoms with Gasteiger partial charge in [0.15, 0.2) is 6.29 Å². The molecule has 1 aromatic rings. The normalized spacial score (nSPS) is 8.08. The van der Waals surface area contributed by atoms with Gasteiger partial charge < -0.3 is 5.73 Å². The number of hydrogen-bond donors (Lipinski definition) is 1. The van der Waals surface area contributed by atoms with Crippen molar-refractivity contribution < 1.29 is 14.4 Å². The van der Waals surface area contributed by atoms with Crippen LogP contribution in [0.25, 0.3) is 0 Å². The zero-order valence-corrected chi connectivity index (χ0v) is 7.89. The van der Waals surface area contributed by atoms with Crippen molar-refractivity contribution in [2.24, 2.45) is 0 Å². The van der Waals surface area contributed by atoms with Crippen molar-refractivity contribution in [1.29, 1.82) is 0 Å². The molecule has 1 rings (SSSR count). The number of nitrogen functional groups attached to an aromatic ring is 1. The van der Waals surface area contributed by atoms with E-state index in [4.69, 9.17) is 15.3 Å². The fraction of sp³-hybridized carbons (Fsp3) is 0.250. The number of aryl methyl sites for hydroxylation is 1. The molecule has 70 valence electrons. The molecule has 0 saturated carbocycles. The first-order chi connectivity index (χ1) is 6.19. The minimum Gasteiger partial charge on any atom is -0.390 e. The van der Waals surface area contributed by atoms with Crippen molar-refractivity contribution in [3.63, 3.8) is 0 Å². The molecule has 0 saturated heterocycles. The Labute approximate surface area is 79.4 Å². The van der Waals surface area contributed by atoms with E-state index >= 15 is 0 Å². The second-order valence-corrected chi connectivity index (χ2v) is 3.21. The number of carbonyl (C=O) groups is 1. The summed E-state index contributed by atoms with van der Waals surface area (Å²) < 4.78 is 0. The van der Waals surface area contributed by atoms with Gasteiger partial charge in [-0.25, -0.2) is 0 Å². The monoisotopic (exact) mass is 199 g/mol. The quantitative estimate of drug-likeness (QED) is 0.724. The van der Waals surface area contributed by atoms with Crippen LogP contribution in [0, 0.1) is 0 Å². The Balaban J connectivity index is 0.000000424. The van der Waals surface area contributed by atoms with Gasteiger partial charge in [-0.15, -0.1) is 11.3 Å². The molecule has 5 heteroatoms. The maximum Gasteiger partial charge on any atom is 0.373 e. The molecule has 4 nitrogen and oxygen atoms in total. The van der Waals surface area contributed by atoms with Crippen LogP contribution in [-0.2, 0) is 16.0 Å². The van der Waals surface area contributed by atoms with E-state index in [1.54, 1.807) is 0 Å². The van der Waals surface area contributed by atoms with E-state index in [2.05, 4.69) is 0 Å². The van der Waals surface area contributed by atoms with Crippen LogP contribution in [0.2, 0.25) is 0 Å². The molecule has 2 N–H and O–H groups in total. The van der Waals surface area contributed by atoms with Crippen LogP contribution in [0.3, 0.4) is 0 Å². The minimum absolute atomic E-state index is 0.250. The molecular formula is C8H9NO3S. The van der Waals surface area contributed by atoms with Crippen molar-refractivity contribution in [2.45, 2.75) is 13.3 Å². The van der Waals surface area contributed by atoms with Gasteiger partial charge in [-0.2, -0.15) is 9.59 Å². The van der Waals surface area contributed by atoms with Gasteiger partial charge in [0.2, 0.25) is 0 Å². The Morgan fingerprint density at radius 3 is 2.38 bits per heavy atom. The predicted molar refractivity (Wildman–Crippen MR) is 48.5 cm³/mol. The van der Waals surface area contributed by atoms with Crippen LogP contribution < -0.4 is 5.73 Å². The van der Waals surface area contributed by atoms with E-state index in [-0.39, 0.29) is 6.15 Å². The number of rotatable bonds is 2. The Hall–Kier alpha value is -1.45. The lowest BCUT2D eigenvalue weighted by molar-refractivity contribution is -0.191.